The van der Waals surface area contributed by atoms with Crippen LogP contribution in [-0.2, 0) is 4.74 Å². The average molecular weight is 240 g/mol. The molecule has 0 fully saturated rings. The third kappa shape index (κ3) is 1.95. The van der Waals surface area contributed by atoms with Gasteiger partial charge in [0.05, 0.1) is 11.8 Å². The lowest BCUT2D eigenvalue weighted by Crippen LogP contribution is -2.03. The zero-order valence-corrected chi connectivity index (χ0v) is 9.82. The van der Waals surface area contributed by atoms with E-state index in [0.717, 1.165) is 9.04 Å². The Morgan fingerprint density at radius 2 is 2.27 bits per heavy atom. The molecule has 2 aromatic heterocycles. The summed E-state index contributed by atoms with van der Waals surface area (Å²) in [6.45, 7) is 0. The van der Waals surface area contributed by atoms with Gasteiger partial charge in [-0.15, -0.1) is 11.3 Å². The van der Waals surface area contributed by atoms with E-state index in [0.29, 0.717) is 11.3 Å². The predicted molar refractivity (Wildman–Crippen MR) is 60.5 cm³/mol. The van der Waals surface area contributed by atoms with Gasteiger partial charge in [-0.25, -0.2) is 14.8 Å². The zero-order chi connectivity index (χ0) is 10.8. The summed E-state index contributed by atoms with van der Waals surface area (Å²) in [5, 5.41) is 0. The van der Waals surface area contributed by atoms with Gasteiger partial charge in [-0.1, -0.05) is 11.8 Å². The van der Waals surface area contributed by atoms with Crippen molar-refractivity contribution in [2.45, 2.75) is 4.34 Å². The normalized spacial score (nSPS) is 10.5. The minimum Gasteiger partial charge on any atom is -0.464 e. The van der Waals surface area contributed by atoms with Crippen LogP contribution in [0.5, 0.6) is 0 Å². The van der Waals surface area contributed by atoms with E-state index in [1.807, 2.05) is 12.3 Å². The van der Waals surface area contributed by atoms with Crippen molar-refractivity contribution < 1.29 is 9.53 Å². The minimum atomic E-state index is -0.435. The molecule has 4 nitrogen and oxygen atoms in total. The molecule has 2 heterocycles. The van der Waals surface area contributed by atoms with Crippen LogP contribution in [0.15, 0.2) is 16.5 Å². The number of carbonyl (C=O) groups is 1. The van der Waals surface area contributed by atoms with E-state index >= 15 is 0 Å². The third-order valence-electron chi connectivity index (χ3n) is 1.80. The van der Waals surface area contributed by atoms with Crippen molar-refractivity contribution in [3.05, 3.63) is 17.8 Å². The first kappa shape index (κ1) is 10.4. The van der Waals surface area contributed by atoms with Gasteiger partial charge in [0.1, 0.15) is 0 Å². The van der Waals surface area contributed by atoms with Crippen LogP contribution in [0.25, 0.3) is 10.3 Å². The Morgan fingerprint density at radius 3 is 2.93 bits per heavy atom. The van der Waals surface area contributed by atoms with Crippen LogP contribution in [0.2, 0.25) is 0 Å². The van der Waals surface area contributed by atoms with Crippen molar-refractivity contribution in [1.82, 2.24) is 9.97 Å². The smallest absolute Gasteiger partial charge is 0.356 e. The molecule has 0 bridgehead atoms. The Bertz CT molecular complexity index is 510. The third-order valence-corrected chi connectivity index (χ3v) is 3.80. The van der Waals surface area contributed by atoms with E-state index in [4.69, 9.17) is 0 Å². The molecule has 2 aromatic rings. The fourth-order valence-electron chi connectivity index (χ4n) is 1.10. The molecule has 0 N–H and O–H groups in total. The zero-order valence-electron chi connectivity index (χ0n) is 8.18. The average Bonchev–Trinajstić information content (AvgIpc) is 2.69. The predicted octanol–water partition coefficient (Wildman–Crippen LogP) is 2.20. The quantitative estimate of drug-likeness (QED) is 0.595. The van der Waals surface area contributed by atoms with Gasteiger partial charge < -0.3 is 4.74 Å². The second-order valence-electron chi connectivity index (χ2n) is 2.69. The maximum absolute atomic E-state index is 11.2. The van der Waals surface area contributed by atoms with Gasteiger partial charge in [0.25, 0.3) is 0 Å². The van der Waals surface area contributed by atoms with Crippen molar-refractivity contribution in [1.29, 1.82) is 0 Å². The van der Waals surface area contributed by atoms with Gasteiger partial charge in [0.15, 0.2) is 15.7 Å². The molecule has 78 valence electrons. The number of rotatable bonds is 2. The van der Waals surface area contributed by atoms with Crippen molar-refractivity contribution in [2.24, 2.45) is 0 Å². The number of hydrogen-bond donors (Lipinski definition) is 0. The summed E-state index contributed by atoms with van der Waals surface area (Å²) in [5.74, 6) is -0.435. The van der Waals surface area contributed by atoms with Crippen LogP contribution in [-0.4, -0.2) is 29.3 Å². The summed E-state index contributed by atoms with van der Waals surface area (Å²) in [5.41, 5.74) is 0.898. The SMILES string of the molecule is COC(=O)c1ccc2sc(SC)nc2n1. The number of thioether (sulfide) groups is 1. The summed E-state index contributed by atoms with van der Waals surface area (Å²) in [6.07, 6.45) is 1.96. The maximum Gasteiger partial charge on any atom is 0.356 e. The second kappa shape index (κ2) is 4.16. The first-order valence-electron chi connectivity index (χ1n) is 4.14. The highest BCUT2D eigenvalue weighted by atomic mass is 32.2. The molecule has 15 heavy (non-hydrogen) atoms. The fraction of sp³-hybridized carbons (Fsp3) is 0.222. The van der Waals surface area contributed by atoms with Crippen molar-refractivity contribution in [3.63, 3.8) is 0 Å². The highest BCUT2D eigenvalue weighted by molar-refractivity contribution is 8.00. The molecular formula is C9H8N2O2S2. The Kier molecular flexibility index (Phi) is 2.88. The van der Waals surface area contributed by atoms with Gasteiger partial charge in [0, 0.05) is 0 Å². The van der Waals surface area contributed by atoms with E-state index in [2.05, 4.69) is 14.7 Å². The number of ether oxygens (including phenoxy) is 1. The molecule has 0 unspecified atom stereocenters. The van der Waals surface area contributed by atoms with Crippen LogP contribution in [0.3, 0.4) is 0 Å². The number of carbonyl (C=O) groups excluding carboxylic acids is 1. The van der Waals surface area contributed by atoms with Crippen molar-refractivity contribution in [3.8, 4) is 0 Å². The molecular weight excluding hydrogens is 232 g/mol. The largest absolute Gasteiger partial charge is 0.464 e. The Labute approximate surface area is 94.7 Å². The summed E-state index contributed by atoms with van der Waals surface area (Å²) in [4.78, 5) is 19.6. The van der Waals surface area contributed by atoms with E-state index in [1.165, 1.54) is 7.11 Å². The molecule has 0 amide bonds. The van der Waals surface area contributed by atoms with Gasteiger partial charge in [0.2, 0.25) is 0 Å². The summed E-state index contributed by atoms with van der Waals surface area (Å²) in [6, 6.07) is 3.49. The van der Waals surface area contributed by atoms with Crippen molar-refractivity contribution in [2.75, 3.05) is 13.4 Å². The van der Waals surface area contributed by atoms with Crippen LogP contribution < -0.4 is 0 Å². The Balaban J connectivity index is 2.50. The first-order chi connectivity index (χ1) is 7.24. The fourth-order valence-corrected chi connectivity index (χ4v) is 2.52. The number of fused-ring (bicyclic) bond motifs is 1. The topological polar surface area (TPSA) is 52.1 Å². The van der Waals surface area contributed by atoms with E-state index in [1.54, 1.807) is 29.2 Å². The van der Waals surface area contributed by atoms with E-state index < -0.39 is 5.97 Å². The van der Waals surface area contributed by atoms with Crippen LogP contribution in [0.1, 0.15) is 10.5 Å². The maximum atomic E-state index is 11.2. The molecule has 2 rings (SSSR count). The number of hydrogen-bond acceptors (Lipinski definition) is 6. The molecule has 6 heteroatoms. The summed E-state index contributed by atoms with van der Waals surface area (Å²) in [7, 11) is 1.34. The molecule has 0 atom stereocenters. The standard InChI is InChI=1S/C9H8N2O2S2/c1-13-8(12)5-3-4-6-7(10-5)11-9(14-2)15-6/h3-4H,1-2H3. The number of aromatic nitrogens is 2. The molecule has 0 radical (unpaired) electrons. The number of nitrogens with zero attached hydrogens (tertiary/aromatic N) is 2. The second-order valence-corrected chi connectivity index (χ2v) is 4.78. The molecule has 0 spiro atoms. The minimum absolute atomic E-state index is 0.294. The Hall–Kier alpha value is -1.14. The lowest BCUT2D eigenvalue weighted by atomic mass is 10.3. The molecule has 0 saturated carbocycles. The molecule has 0 aliphatic carbocycles. The van der Waals surface area contributed by atoms with Crippen molar-refractivity contribution >= 4 is 39.4 Å². The highest BCUT2D eigenvalue weighted by Crippen LogP contribution is 2.26. The molecule has 0 aliphatic heterocycles. The van der Waals surface area contributed by atoms with Gasteiger partial charge in [-0.05, 0) is 18.4 Å². The lowest BCUT2D eigenvalue weighted by molar-refractivity contribution is 0.0594. The number of methoxy groups -OCH3 is 1. The van der Waals surface area contributed by atoms with Crippen LogP contribution >= 0.6 is 23.1 Å². The summed E-state index contributed by atoms with van der Waals surface area (Å²) >= 11 is 3.13. The van der Waals surface area contributed by atoms with E-state index in [9.17, 15) is 4.79 Å². The summed E-state index contributed by atoms with van der Waals surface area (Å²) < 4.78 is 6.51. The Morgan fingerprint density at radius 1 is 1.47 bits per heavy atom. The molecule has 0 saturated heterocycles. The number of esters is 1. The molecule has 0 aliphatic rings. The first-order valence-corrected chi connectivity index (χ1v) is 6.18. The molecule has 0 aromatic carbocycles. The number of pyridine rings is 1. The monoisotopic (exact) mass is 240 g/mol. The van der Waals surface area contributed by atoms with Crippen LogP contribution in [0.4, 0.5) is 0 Å². The lowest BCUT2D eigenvalue weighted by Gasteiger charge is -1.96. The van der Waals surface area contributed by atoms with Gasteiger partial charge >= 0.3 is 5.97 Å². The highest BCUT2D eigenvalue weighted by Gasteiger charge is 2.10. The van der Waals surface area contributed by atoms with Gasteiger partial charge in [-0.3, -0.25) is 0 Å². The van der Waals surface area contributed by atoms with Gasteiger partial charge in [-0.2, -0.15) is 0 Å². The number of thiazole rings is 1. The van der Waals surface area contributed by atoms with E-state index in [-0.39, 0.29) is 0 Å². The van der Waals surface area contributed by atoms with Crippen LogP contribution in [0, 0.1) is 0 Å².